The van der Waals surface area contributed by atoms with Crippen LogP contribution in [0.2, 0.25) is 0 Å². The molecule has 0 bridgehead atoms. The number of amides is 3. The second kappa shape index (κ2) is 8.97. The van der Waals surface area contributed by atoms with Gasteiger partial charge in [-0.1, -0.05) is 6.07 Å². The molecule has 6 nitrogen and oxygen atoms in total. The molecule has 0 saturated heterocycles. The molecule has 2 aliphatic carbocycles. The predicted molar refractivity (Wildman–Crippen MR) is 113 cm³/mol. The number of fused-ring (bicyclic) bond motifs is 2. The van der Waals surface area contributed by atoms with Crippen molar-refractivity contribution in [2.24, 2.45) is 4.36 Å². The zero-order chi connectivity index (χ0) is 19.4. The fraction of sp³-hybridized carbons (Fsp3) is 0.600. The molecular weight excluding hydrogens is 360 g/mol. The Bertz CT molecular complexity index is 741. The summed E-state index contributed by atoms with van der Waals surface area (Å²) in [7, 11) is 2.78. The molecule has 1 aromatic rings. The first kappa shape index (κ1) is 20.0. The van der Waals surface area contributed by atoms with Crippen molar-refractivity contribution in [2.45, 2.75) is 51.4 Å². The summed E-state index contributed by atoms with van der Waals surface area (Å²) in [5, 5.41) is 3.06. The van der Waals surface area contributed by atoms with Crippen LogP contribution in [0.25, 0.3) is 0 Å². The van der Waals surface area contributed by atoms with Crippen molar-refractivity contribution in [3.63, 3.8) is 0 Å². The summed E-state index contributed by atoms with van der Waals surface area (Å²) in [5.74, 6) is -0.0384. The van der Waals surface area contributed by atoms with Gasteiger partial charge in [0, 0.05) is 12.1 Å². The fourth-order valence-electron chi connectivity index (χ4n) is 4.05. The Morgan fingerprint density at radius 2 is 1.74 bits per heavy atom. The molecule has 3 amide bonds. The van der Waals surface area contributed by atoms with Gasteiger partial charge in [-0.15, -0.1) is 0 Å². The first-order valence-electron chi connectivity index (χ1n) is 9.81. The van der Waals surface area contributed by atoms with Crippen molar-refractivity contribution >= 4 is 28.5 Å². The van der Waals surface area contributed by atoms with E-state index >= 15 is 0 Å². The van der Waals surface area contributed by atoms with Gasteiger partial charge in [0.2, 0.25) is 0 Å². The first-order chi connectivity index (χ1) is 12.9. The van der Waals surface area contributed by atoms with Crippen LogP contribution < -0.4 is 10.0 Å². The Balaban J connectivity index is 1.63. The minimum Gasteiger partial charge on any atom is -0.309 e. The molecule has 27 heavy (non-hydrogen) atoms. The lowest BCUT2D eigenvalue weighted by Crippen LogP contribution is -2.26. The number of benzene rings is 1. The van der Waals surface area contributed by atoms with Gasteiger partial charge in [0.25, 0.3) is 5.91 Å². The average Bonchev–Trinajstić information content (AvgIpc) is 3.22. The Labute approximate surface area is 164 Å². The van der Waals surface area contributed by atoms with Gasteiger partial charge in [0.1, 0.15) is 6.26 Å². The lowest BCUT2D eigenvalue weighted by atomic mass is 9.99. The van der Waals surface area contributed by atoms with E-state index in [4.69, 9.17) is 0 Å². The second-order valence-electron chi connectivity index (χ2n) is 7.73. The van der Waals surface area contributed by atoms with Crippen LogP contribution in [0.5, 0.6) is 0 Å². The Kier molecular flexibility index (Phi) is 6.65. The van der Waals surface area contributed by atoms with E-state index in [9.17, 15) is 9.59 Å². The molecule has 0 spiro atoms. The van der Waals surface area contributed by atoms with Crippen LogP contribution in [0.15, 0.2) is 10.4 Å². The molecule has 0 fully saturated rings. The molecule has 148 valence electrons. The maximum absolute atomic E-state index is 12.5. The van der Waals surface area contributed by atoms with Gasteiger partial charge in [0.15, 0.2) is 0 Å². The highest BCUT2D eigenvalue weighted by atomic mass is 32.2. The molecule has 2 N–H and O–H groups in total. The van der Waals surface area contributed by atoms with Crippen molar-refractivity contribution < 1.29 is 9.59 Å². The van der Waals surface area contributed by atoms with Gasteiger partial charge in [-0.05, 0) is 92.2 Å². The summed E-state index contributed by atoms with van der Waals surface area (Å²) >= 11 is 0. The normalized spacial score (nSPS) is 16.3. The Morgan fingerprint density at radius 3 is 2.33 bits per heavy atom. The molecule has 0 heterocycles. The zero-order valence-electron chi connectivity index (χ0n) is 16.6. The van der Waals surface area contributed by atoms with Crippen LogP contribution in [-0.4, -0.2) is 43.7 Å². The first-order valence-corrected chi connectivity index (χ1v) is 11.6. The van der Waals surface area contributed by atoms with E-state index in [-0.39, 0.29) is 11.9 Å². The summed E-state index contributed by atoms with van der Waals surface area (Å²) in [6.45, 7) is 0.872. The highest BCUT2D eigenvalue weighted by molar-refractivity contribution is 7.85. The largest absolute Gasteiger partial charge is 0.386 e. The van der Waals surface area contributed by atoms with Crippen molar-refractivity contribution in [3.05, 3.63) is 28.3 Å². The Morgan fingerprint density at radius 1 is 1.11 bits per heavy atom. The van der Waals surface area contributed by atoms with E-state index in [2.05, 4.69) is 25.4 Å². The number of anilines is 1. The lowest BCUT2D eigenvalue weighted by molar-refractivity contribution is -0.119. The number of carbonyl (C=O) groups excluding carboxylic acids is 2. The van der Waals surface area contributed by atoms with Crippen molar-refractivity contribution in [1.29, 1.82) is 0 Å². The molecule has 0 aliphatic heterocycles. The number of rotatable bonds is 6. The van der Waals surface area contributed by atoms with Crippen LogP contribution in [0.4, 0.5) is 10.5 Å². The van der Waals surface area contributed by atoms with Gasteiger partial charge in [-0.2, -0.15) is 4.72 Å². The minimum atomic E-state index is -1.20. The third-order valence-electron chi connectivity index (χ3n) is 5.24. The molecule has 0 radical (unpaired) electrons. The molecule has 2 aliphatic rings. The molecule has 1 atom stereocenters. The van der Waals surface area contributed by atoms with E-state index in [0.29, 0.717) is 6.42 Å². The third-order valence-corrected chi connectivity index (χ3v) is 6.30. The summed E-state index contributed by atoms with van der Waals surface area (Å²) in [6.07, 6.45) is 9.64. The number of urea groups is 1. The van der Waals surface area contributed by atoms with Crippen LogP contribution in [-0.2, 0) is 41.4 Å². The number of nitrogens with one attached hydrogen (secondary N) is 2. The highest BCUT2D eigenvalue weighted by Crippen LogP contribution is 2.38. The molecule has 1 aromatic carbocycles. The van der Waals surface area contributed by atoms with E-state index in [0.717, 1.165) is 57.2 Å². The monoisotopic (exact) mass is 391 g/mol. The molecule has 1 unspecified atom stereocenters. The molecular formula is C20H31N4O2S+. The summed E-state index contributed by atoms with van der Waals surface area (Å²) in [5.41, 5.74) is 6.38. The van der Waals surface area contributed by atoms with Gasteiger partial charge in [-0.3, -0.25) is 4.79 Å². The number of nitrogens with zero attached hydrogens (tertiary/aromatic N) is 2. The number of thiol groups is 1. The molecule has 0 saturated carbocycles. The smallest absolute Gasteiger partial charge is 0.309 e. The van der Waals surface area contributed by atoms with Gasteiger partial charge >= 0.3 is 6.03 Å². The fourth-order valence-corrected chi connectivity index (χ4v) is 4.90. The number of hydrogen-bond donors (Lipinski definition) is 2. The summed E-state index contributed by atoms with van der Waals surface area (Å²) in [6, 6.07) is 2.00. The Hall–Kier alpha value is -1.73. The molecule has 7 heteroatoms. The van der Waals surface area contributed by atoms with Gasteiger partial charge < -0.3 is 10.2 Å². The van der Waals surface area contributed by atoms with E-state index in [1.807, 2.05) is 14.1 Å². The van der Waals surface area contributed by atoms with Crippen molar-refractivity contribution in [1.82, 2.24) is 9.62 Å². The van der Waals surface area contributed by atoms with Crippen LogP contribution in [0.1, 0.15) is 47.9 Å². The number of aryl methyl sites for hydroxylation is 2. The number of carbonyl (C=O) groups is 2. The highest BCUT2D eigenvalue weighted by Gasteiger charge is 2.25. The van der Waals surface area contributed by atoms with Crippen LogP contribution in [0.3, 0.4) is 0 Å². The maximum atomic E-state index is 12.5. The summed E-state index contributed by atoms with van der Waals surface area (Å²) in [4.78, 5) is 26.5. The third kappa shape index (κ3) is 5.17. The number of hydrogen-bond acceptors (Lipinski definition) is 3. The predicted octanol–water partition coefficient (Wildman–Crippen LogP) is 2.73. The van der Waals surface area contributed by atoms with E-state index in [1.54, 1.807) is 6.26 Å². The molecule has 3 rings (SSSR count). The van der Waals surface area contributed by atoms with Crippen LogP contribution in [0, 0.1) is 0 Å². The minimum absolute atomic E-state index is 0.0384. The zero-order valence-corrected chi connectivity index (χ0v) is 17.5. The van der Waals surface area contributed by atoms with E-state index < -0.39 is 10.9 Å². The van der Waals surface area contributed by atoms with Gasteiger partial charge in [0.05, 0.1) is 10.9 Å². The second-order valence-corrected chi connectivity index (χ2v) is 9.20. The van der Waals surface area contributed by atoms with Gasteiger partial charge in [-0.25, -0.2) is 4.79 Å². The average molecular weight is 392 g/mol. The van der Waals surface area contributed by atoms with E-state index in [1.165, 1.54) is 22.3 Å². The standard InChI is InChI=1S/C20H30N4O2S/c1-24(2)12-6-11-18(25)22-27(3)23-20(26)21-19-16-9-4-7-14(16)13-15-8-5-10-17(15)19/h13H,4-12H2,1-3H3,(H2,21,22,23,25,26)/p+1. The van der Waals surface area contributed by atoms with Crippen molar-refractivity contribution in [3.8, 4) is 0 Å². The lowest BCUT2D eigenvalue weighted by Gasteiger charge is -2.14. The molecule has 0 aromatic heterocycles. The topological polar surface area (TPSA) is 73.8 Å². The maximum Gasteiger partial charge on any atom is 0.386 e. The van der Waals surface area contributed by atoms with Crippen LogP contribution >= 0.6 is 0 Å². The van der Waals surface area contributed by atoms with Crippen molar-refractivity contribution in [2.75, 3.05) is 32.2 Å². The summed E-state index contributed by atoms with van der Waals surface area (Å²) < 4.78 is 7.03. The SMILES string of the molecule is CN(C)CCCC(=O)N[SH+](C)=NC(=O)Nc1c2c(cc3c1CCC3)CCC2. The quantitative estimate of drug-likeness (QED) is 0.578.